The van der Waals surface area contributed by atoms with E-state index in [0.717, 1.165) is 13.1 Å². The van der Waals surface area contributed by atoms with E-state index in [1.54, 1.807) is 0 Å². The van der Waals surface area contributed by atoms with Crippen LogP contribution < -0.4 is 5.73 Å². The van der Waals surface area contributed by atoms with E-state index in [4.69, 9.17) is 5.73 Å². The standard InChI is InChI=1S/C12H22N2O/c13-8-3-11(15)14-9-6-12(7-10-14)4-1-2-5-12/h1-10,13H2. The second-order valence-electron chi connectivity index (χ2n) is 5.13. The van der Waals surface area contributed by atoms with Crippen LogP contribution in [0.1, 0.15) is 44.9 Å². The van der Waals surface area contributed by atoms with E-state index >= 15 is 0 Å². The molecule has 1 amide bonds. The van der Waals surface area contributed by atoms with Crippen LogP contribution in [-0.4, -0.2) is 30.4 Å². The summed E-state index contributed by atoms with van der Waals surface area (Å²) in [7, 11) is 0. The zero-order valence-electron chi connectivity index (χ0n) is 9.50. The first-order valence-corrected chi connectivity index (χ1v) is 6.24. The van der Waals surface area contributed by atoms with Crippen molar-refractivity contribution in [3.63, 3.8) is 0 Å². The number of carbonyl (C=O) groups excluding carboxylic acids is 1. The first-order chi connectivity index (χ1) is 7.26. The molecule has 0 aromatic rings. The molecule has 0 aromatic carbocycles. The molecule has 0 radical (unpaired) electrons. The Bertz CT molecular complexity index is 224. The molecule has 0 bridgehead atoms. The lowest BCUT2D eigenvalue weighted by molar-refractivity contribution is -0.133. The number of piperidine rings is 1. The van der Waals surface area contributed by atoms with Gasteiger partial charge in [-0.3, -0.25) is 4.79 Å². The minimum Gasteiger partial charge on any atom is -0.343 e. The fourth-order valence-electron chi connectivity index (χ4n) is 3.14. The highest BCUT2D eigenvalue weighted by Crippen LogP contribution is 2.46. The fourth-order valence-corrected chi connectivity index (χ4v) is 3.14. The van der Waals surface area contributed by atoms with Gasteiger partial charge in [-0.1, -0.05) is 12.8 Å². The van der Waals surface area contributed by atoms with Gasteiger partial charge >= 0.3 is 0 Å². The highest BCUT2D eigenvalue weighted by molar-refractivity contribution is 5.76. The van der Waals surface area contributed by atoms with E-state index < -0.39 is 0 Å². The van der Waals surface area contributed by atoms with Gasteiger partial charge in [0.15, 0.2) is 0 Å². The second kappa shape index (κ2) is 4.52. The van der Waals surface area contributed by atoms with Crippen LogP contribution in [0.15, 0.2) is 0 Å². The lowest BCUT2D eigenvalue weighted by Gasteiger charge is -2.39. The topological polar surface area (TPSA) is 46.3 Å². The van der Waals surface area contributed by atoms with Crippen molar-refractivity contribution >= 4 is 5.91 Å². The molecule has 1 aliphatic heterocycles. The maximum atomic E-state index is 11.6. The van der Waals surface area contributed by atoms with Gasteiger partial charge in [0.05, 0.1) is 0 Å². The van der Waals surface area contributed by atoms with Crippen molar-refractivity contribution in [2.24, 2.45) is 11.1 Å². The van der Waals surface area contributed by atoms with Crippen molar-refractivity contribution in [1.82, 2.24) is 4.90 Å². The van der Waals surface area contributed by atoms with Gasteiger partial charge in [0, 0.05) is 26.1 Å². The van der Waals surface area contributed by atoms with E-state index in [1.165, 1.54) is 38.5 Å². The molecule has 15 heavy (non-hydrogen) atoms. The number of likely N-dealkylation sites (tertiary alicyclic amines) is 1. The van der Waals surface area contributed by atoms with Crippen LogP contribution in [0.4, 0.5) is 0 Å². The monoisotopic (exact) mass is 210 g/mol. The molecule has 3 heteroatoms. The van der Waals surface area contributed by atoms with Gasteiger partial charge in [-0.25, -0.2) is 0 Å². The van der Waals surface area contributed by atoms with E-state index in [9.17, 15) is 4.79 Å². The molecule has 1 aliphatic carbocycles. The van der Waals surface area contributed by atoms with Crippen molar-refractivity contribution < 1.29 is 4.79 Å². The van der Waals surface area contributed by atoms with Crippen LogP contribution in [0.2, 0.25) is 0 Å². The van der Waals surface area contributed by atoms with E-state index in [2.05, 4.69) is 0 Å². The SMILES string of the molecule is NCCC(=O)N1CCC2(CCCC2)CC1. The van der Waals surface area contributed by atoms with Crippen molar-refractivity contribution in [2.45, 2.75) is 44.9 Å². The second-order valence-corrected chi connectivity index (χ2v) is 5.13. The first-order valence-electron chi connectivity index (χ1n) is 6.24. The summed E-state index contributed by atoms with van der Waals surface area (Å²) in [4.78, 5) is 13.7. The van der Waals surface area contributed by atoms with Gasteiger partial charge in [-0.2, -0.15) is 0 Å². The van der Waals surface area contributed by atoms with Gasteiger partial charge in [-0.15, -0.1) is 0 Å². The Labute approximate surface area is 92.0 Å². The molecule has 1 heterocycles. The molecule has 1 saturated carbocycles. The van der Waals surface area contributed by atoms with Crippen molar-refractivity contribution in [3.8, 4) is 0 Å². The largest absolute Gasteiger partial charge is 0.343 e. The predicted octanol–water partition coefficient (Wildman–Crippen LogP) is 1.52. The van der Waals surface area contributed by atoms with Gasteiger partial charge in [0.1, 0.15) is 0 Å². The van der Waals surface area contributed by atoms with Gasteiger partial charge in [0.2, 0.25) is 5.91 Å². The van der Waals surface area contributed by atoms with Gasteiger partial charge in [0.25, 0.3) is 0 Å². The molecule has 0 atom stereocenters. The van der Waals surface area contributed by atoms with Crippen molar-refractivity contribution in [2.75, 3.05) is 19.6 Å². The minimum absolute atomic E-state index is 0.255. The Morgan fingerprint density at radius 1 is 1.13 bits per heavy atom. The Morgan fingerprint density at radius 3 is 2.27 bits per heavy atom. The molecule has 2 fully saturated rings. The summed E-state index contributed by atoms with van der Waals surface area (Å²) in [5.74, 6) is 0.255. The third-order valence-electron chi connectivity index (χ3n) is 4.20. The Balaban J connectivity index is 1.83. The van der Waals surface area contributed by atoms with Crippen LogP contribution in [0.5, 0.6) is 0 Å². The number of nitrogens with two attached hydrogens (primary N) is 1. The molecule has 1 saturated heterocycles. The van der Waals surface area contributed by atoms with E-state index in [0.29, 0.717) is 18.4 Å². The summed E-state index contributed by atoms with van der Waals surface area (Å²) in [5.41, 5.74) is 6.01. The Morgan fingerprint density at radius 2 is 1.73 bits per heavy atom. The van der Waals surface area contributed by atoms with Crippen LogP contribution in [0.25, 0.3) is 0 Å². The third-order valence-corrected chi connectivity index (χ3v) is 4.20. The average molecular weight is 210 g/mol. The molecule has 1 spiro atoms. The van der Waals surface area contributed by atoms with Crippen LogP contribution in [0, 0.1) is 5.41 Å². The number of hydrogen-bond donors (Lipinski definition) is 1. The lowest BCUT2D eigenvalue weighted by atomic mass is 9.77. The smallest absolute Gasteiger partial charge is 0.223 e. The van der Waals surface area contributed by atoms with Crippen molar-refractivity contribution in [3.05, 3.63) is 0 Å². The number of hydrogen-bond acceptors (Lipinski definition) is 2. The summed E-state index contributed by atoms with van der Waals surface area (Å²) in [6.07, 6.45) is 8.56. The summed E-state index contributed by atoms with van der Waals surface area (Å²) in [6.45, 7) is 2.43. The lowest BCUT2D eigenvalue weighted by Crippen LogP contribution is -2.42. The Kier molecular flexibility index (Phi) is 3.29. The first kappa shape index (κ1) is 10.9. The number of nitrogens with zero attached hydrogens (tertiary/aromatic N) is 1. The van der Waals surface area contributed by atoms with Crippen LogP contribution >= 0.6 is 0 Å². The van der Waals surface area contributed by atoms with E-state index in [1.807, 2.05) is 4.90 Å². The average Bonchev–Trinajstić information content (AvgIpc) is 2.68. The summed E-state index contributed by atoms with van der Waals surface area (Å²) >= 11 is 0. The predicted molar refractivity (Wildman–Crippen MR) is 60.4 cm³/mol. The number of carbonyl (C=O) groups is 1. The summed E-state index contributed by atoms with van der Waals surface area (Å²) in [6, 6.07) is 0. The van der Waals surface area contributed by atoms with Crippen LogP contribution in [0.3, 0.4) is 0 Å². The molecule has 2 N–H and O–H groups in total. The van der Waals surface area contributed by atoms with Crippen molar-refractivity contribution in [1.29, 1.82) is 0 Å². The third kappa shape index (κ3) is 2.33. The number of rotatable bonds is 2. The Hall–Kier alpha value is -0.570. The quantitative estimate of drug-likeness (QED) is 0.751. The maximum absolute atomic E-state index is 11.6. The minimum atomic E-state index is 0.255. The van der Waals surface area contributed by atoms with E-state index in [-0.39, 0.29) is 5.91 Å². The fraction of sp³-hybridized carbons (Fsp3) is 0.917. The highest BCUT2D eigenvalue weighted by atomic mass is 16.2. The van der Waals surface area contributed by atoms with Crippen LogP contribution in [-0.2, 0) is 4.79 Å². The van der Waals surface area contributed by atoms with Gasteiger partial charge < -0.3 is 10.6 Å². The normalized spacial score (nSPS) is 24.7. The maximum Gasteiger partial charge on any atom is 0.223 e. The molecule has 0 unspecified atom stereocenters. The molecule has 86 valence electrons. The zero-order chi connectivity index (χ0) is 10.7. The summed E-state index contributed by atoms with van der Waals surface area (Å²) < 4.78 is 0. The molecular formula is C12H22N2O. The molecule has 3 nitrogen and oxygen atoms in total. The highest BCUT2D eigenvalue weighted by Gasteiger charge is 2.37. The molecular weight excluding hydrogens is 188 g/mol. The number of amides is 1. The summed E-state index contributed by atoms with van der Waals surface area (Å²) in [5, 5.41) is 0. The molecule has 2 aliphatic rings. The zero-order valence-corrected chi connectivity index (χ0v) is 9.50. The molecule has 2 rings (SSSR count). The molecule has 0 aromatic heterocycles. The van der Waals surface area contributed by atoms with Gasteiger partial charge in [-0.05, 0) is 31.1 Å².